The second-order valence-electron chi connectivity index (χ2n) is 11.5. The number of quaternary nitrogens is 1. The Balaban J connectivity index is 1.84. The van der Waals surface area contributed by atoms with Crippen molar-refractivity contribution in [1.29, 1.82) is 0 Å². The van der Waals surface area contributed by atoms with Gasteiger partial charge in [0.05, 0.1) is 38.8 Å². The van der Waals surface area contributed by atoms with Crippen LogP contribution in [0.2, 0.25) is 0 Å². The van der Waals surface area contributed by atoms with Crippen LogP contribution in [0.5, 0.6) is 0 Å². The van der Waals surface area contributed by atoms with Gasteiger partial charge in [0.15, 0.2) is 0 Å². The first-order chi connectivity index (χ1) is 17.2. The predicted octanol–water partition coefficient (Wildman–Crippen LogP) is -2.74. The van der Waals surface area contributed by atoms with Gasteiger partial charge in [0.1, 0.15) is 5.60 Å². The van der Waals surface area contributed by atoms with Crippen LogP contribution in [-0.4, -0.2) is 94.4 Å². The molecule has 2 saturated carbocycles. The number of ether oxygens (including phenoxy) is 1. The highest BCUT2D eigenvalue weighted by Gasteiger charge is 2.75. The zero-order chi connectivity index (χ0) is 26.1. The Morgan fingerprint density at radius 3 is 2.78 bits per heavy atom. The number of carbonyl (C=O) groups is 1. The molecule has 3 aliphatic carbocycles. The summed E-state index contributed by atoms with van der Waals surface area (Å²) in [6.07, 6.45) is 3.94. The standard InChI is InChI=1S/C26H45N5O5/c1-17-4-5-18-12-20-21(22(33)34)24(35,16-36-3)14-25(17,20)26(18)15-31(23(27)30-8-7-28-2)10-6-19(26)13-29-9-11-32/h17-19,28-29,32,35H,4-16H2,1-3H3,(H2,27,30)(H,33,34). The number of allylic oxidation sites excluding steroid dienone is 1. The van der Waals surface area contributed by atoms with Gasteiger partial charge in [-0.1, -0.05) is 12.5 Å². The third-order valence-corrected chi connectivity index (χ3v) is 9.98. The first-order valence-corrected chi connectivity index (χ1v) is 13.5. The Bertz CT molecular complexity index is 896. The number of hydrogen-bond acceptors (Lipinski definition) is 8. The van der Waals surface area contributed by atoms with Crippen LogP contribution in [0.15, 0.2) is 16.1 Å². The summed E-state index contributed by atoms with van der Waals surface area (Å²) in [6, 6.07) is 0. The molecule has 7 unspecified atom stereocenters. The maximum atomic E-state index is 12.5. The maximum absolute atomic E-state index is 12.5. The summed E-state index contributed by atoms with van der Waals surface area (Å²) in [7, 11) is 3.39. The van der Waals surface area contributed by atoms with Crippen molar-refractivity contribution < 1.29 is 29.8 Å². The van der Waals surface area contributed by atoms with Gasteiger partial charge in [0.2, 0.25) is 0 Å². The normalized spacial score (nSPS) is 40.2. The quantitative estimate of drug-likeness (QED) is 0.106. The summed E-state index contributed by atoms with van der Waals surface area (Å²) in [5.74, 6) is 0.0897. The summed E-state index contributed by atoms with van der Waals surface area (Å²) in [6.45, 7) is 6.47. The van der Waals surface area contributed by atoms with Crippen molar-refractivity contribution in [3.8, 4) is 0 Å². The van der Waals surface area contributed by atoms with Crippen LogP contribution in [0, 0.1) is 28.6 Å². The SMILES string of the molecule is CNCCN=C(N)[NH+]1CCC(CNCCO)C2(C1)C1CCC(C)C23CC(O)(COC)C(C(=O)[O-])=C3C1. The van der Waals surface area contributed by atoms with E-state index in [1.807, 2.05) is 7.05 Å². The number of nitrogens with two attached hydrogens (primary N) is 1. The zero-order valence-electron chi connectivity index (χ0n) is 22.1. The largest absolute Gasteiger partial charge is 0.545 e. The third kappa shape index (κ3) is 4.10. The van der Waals surface area contributed by atoms with Crippen LogP contribution in [-0.2, 0) is 9.53 Å². The van der Waals surface area contributed by atoms with E-state index in [9.17, 15) is 20.1 Å². The molecule has 204 valence electrons. The number of aliphatic carboxylic acids is 1. The number of likely N-dealkylation sites (N-methyl/N-ethyl adjacent to an activating group) is 1. The molecule has 10 nitrogen and oxygen atoms in total. The van der Waals surface area contributed by atoms with E-state index >= 15 is 0 Å². The molecule has 0 radical (unpaired) electrons. The van der Waals surface area contributed by atoms with E-state index in [0.717, 1.165) is 55.9 Å². The van der Waals surface area contributed by atoms with Crippen LogP contribution in [0.3, 0.4) is 0 Å². The molecule has 0 aromatic rings. The minimum atomic E-state index is -1.57. The Morgan fingerprint density at radius 2 is 2.11 bits per heavy atom. The molecular weight excluding hydrogens is 462 g/mol. The molecule has 7 atom stereocenters. The molecule has 10 heteroatoms. The highest BCUT2D eigenvalue weighted by Crippen LogP contribution is 2.76. The van der Waals surface area contributed by atoms with Gasteiger partial charge >= 0.3 is 0 Å². The van der Waals surface area contributed by atoms with Gasteiger partial charge in [-0.2, -0.15) is 0 Å². The summed E-state index contributed by atoms with van der Waals surface area (Å²) in [4.78, 5) is 18.3. The lowest BCUT2D eigenvalue weighted by atomic mass is 9.45. The Morgan fingerprint density at radius 1 is 1.33 bits per heavy atom. The van der Waals surface area contributed by atoms with E-state index in [0.29, 0.717) is 37.8 Å². The highest BCUT2D eigenvalue weighted by molar-refractivity contribution is 5.90. The molecule has 1 aliphatic heterocycles. The summed E-state index contributed by atoms with van der Waals surface area (Å²) in [5.41, 5.74) is 5.21. The molecule has 36 heavy (non-hydrogen) atoms. The van der Waals surface area contributed by atoms with Crippen molar-refractivity contribution >= 4 is 11.9 Å². The average Bonchev–Trinajstić information content (AvgIpc) is 3.17. The van der Waals surface area contributed by atoms with Gasteiger partial charge in [-0.3, -0.25) is 4.90 Å². The molecule has 4 aliphatic rings. The number of aliphatic hydroxyl groups is 2. The minimum absolute atomic E-state index is 0.0600. The number of aliphatic hydroxyl groups excluding tert-OH is 1. The third-order valence-electron chi connectivity index (χ3n) is 9.98. The van der Waals surface area contributed by atoms with E-state index in [1.165, 1.54) is 7.11 Å². The zero-order valence-corrected chi connectivity index (χ0v) is 22.1. The van der Waals surface area contributed by atoms with Crippen LogP contribution >= 0.6 is 0 Å². The Kier molecular flexibility index (Phi) is 8.14. The lowest BCUT2D eigenvalue weighted by Crippen LogP contribution is -3.19. The number of guanidine groups is 1. The minimum Gasteiger partial charge on any atom is -0.545 e. The lowest BCUT2D eigenvalue weighted by Gasteiger charge is -2.60. The average molecular weight is 508 g/mol. The number of aliphatic imine (C=N–C) groups is 1. The summed E-state index contributed by atoms with van der Waals surface area (Å²) >= 11 is 0. The molecule has 0 amide bonds. The van der Waals surface area contributed by atoms with Crippen LogP contribution < -0.4 is 26.4 Å². The first kappa shape index (κ1) is 27.5. The number of rotatable bonds is 10. The first-order valence-electron chi connectivity index (χ1n) is 13.5. The van der Waals surface area contributed by atoms with Crippen LogP contribution in [0.4, 0.5) is 0 Å². The second-order valence-corrected chi connectivity index (χ2v) is 11.5. The number of likely N-dealkylation sites (tertiary alicyclic amines) is 1. The molecule has 2 bridgehead atoms. The number of carbonyl (C=O) groups excluding carboxylic acids is 1. The summed E-state index contributed by atoms with van der Waals surface area (Å²) < 4.78 is 5.37. The van der Waals surface area contributed by atoms with Gasteiger partial charge in [-0.25, -0.2) is 4.99 Å². The fourth-order valence-electron chi connectivity index (χ4n) is 8.80. The smallest absolute Gasteiger partial charge is 0.293 e. The van der Waals surface area contributed by atoms with Gasteiger partial charge in [-0.05, 0) is 57.0 Å². The number of hydrogen-bond donors (Lipinski definition) is 6. The summed E-state index contributed by atoms with van der Waals surface area (Å²) in [5, 5.41) is 40.3. The van der Waals surface area contributed by atoms with Crippen molar-refractivity contribution in [2.24, 2.45) is 39.3 Å². The Hall–Kier alpha value is -1.56. The molecule has 0 aromatic heterocycles. The number of carboxylic acid groups (broad SMARTS) is 1. The van der Waals surface area contributed by atoms with Crippen molar-refractivity contribution in [2.45, 2.75) is 44.6 Å². The van der Waals surface area contributed by atoms with Gasteiger partial charge in [-0.15, -0.1) is 0 Å². The molecule has 3 fully saturated rings. The molecule has 1 saturated heterocycles. The van der Waals surface area contributed by atoms with Gasteiger partial charge in [0.25, 0.3) is 5.96 Å². The second kappa shape index (κ2) is 10.7. The molecule has 7 N–H and O–H groups in total. The van der Waals surface area contributed by atoms with Crippen molar-refractivity contribution in [3.05, 3.63) is 11.1 Å². The van der Waals surface area contributed by atoms with Crippen molar-refractivity contribution in [2.75, 3.05) is 66.6 Å². The van der Waals surface area contributed by atoms with Gasteiger partial charge < -0.3 is 41.2 Å². The molecule has 4 rings (SSSR count). The molecule has 2 spiro atoms. The highest BCUT2D eigenvalue weighted by atomic mass is 16.5. The Labute approximate surface area is 214 Å². The van der Waals surface area contributed by atoms with Gasteiger partial charge in [0, 0.05) is 43.0 Å². The topological polar surface area (TPSA) is 157 Å². The van der Waals surface area contributed by atoms with Crippen LogP contribution in [0.1, 0.15) is 39.0 Å². The van der Waals surface area contributed by atoms with Crippen LogP contribution in [0.25, 0.3) is 0 Å². The fraction of sp³-hybridized carbons (Fsp3) is 0.846. The van der Waals surface area contributed by atoms with E-state index in [1.54, 1.807) is 0 Å². The lowest BCUT2D eigenvalue weighted by molar-refractivity contribution is -0.828. The molecular formula is C26H45N5O5. The van der Waals surface area contributed by atoms with E-state index < -0.39 is 17.0 Å². The van der Waals surface area contributed by atoms with E-state index in [2.05, 4.69) is 22.5 Å². The maximum Gasteiger partial charge on any atom is 0.293 e. The number of methoxy groups -OCH3 is 1. The van der Waals surface area contributed by atoms with E-state index in [4.69, 9.17) is 10.5 Å². The molecule has 1 heterocycles. The monoisotopic (exact) mass is 507 g/mol. The fourth-order valence-corrected chi connectivity index (χ4v) is 8.80. The number of carboxylic acids is 1. The molecule has 0 aromatic carbocycles. The van der Waals surface area contributed by atoms with E-state index in [-0.39, 0.29) is 36.0 Å². The number of nitrogens with one attached hydrogen (secondary N) is 3. The van der Waals surface area contributed by atoms with Crippen molar-refractivity contribution in [1.82, 2.24) is 10.6 Å². The number of piperidine rings is 1. The number of nitrogens with zero attached hydrogens (tertiary/aromatic N) is 1. The predicted molar refractivity (Wildman–Crippen MR) is 134 cm³/mol. The van der Waals surface area contributed by atoms with Crippen molar-refractivity contribution in [3.63, 3.8) is 0 Å².